The zero-order chi connectivity index (χ0) is 21.6. The Labute approximate surface area is 188 Å². The number of pyridine rings is 1. The van der Waals surface area contributed by atoms with Crippen LogP contribution in [-0.4, -0.2) is 24.0 Å². The van der Waals surface area contributed by atoms with Gasteiger partial charge in [0, 0.05) is 41.9 Å². The van der Waals surface area contributed by atoms with Gasteiger partial charge in [-0.25, -0.2) is 0 Å². The Morgan fingerprint density at radius 2 is 1.68 bits per heavy atom. The zero-order valence-electron chi connectivity index (χ0n) is 17.8. The fourth-order valence-electron chi connectivity index (χ4n) is 3.72. The number of aromatic nitrogens is 1. The normalized spacial score (nSPS) is 11.1. The summed E-state index contributed by atoms with van der Waals surface area (Å²) < 4.78 is 5.24. The Bertz CT molecular complexity index is 1160. The number of ether oxygens (including phenoxy) is 1. The van der Waals surface area contributed by atoms with Gasteiger partial charge in [-0.3, -0.25) is 9.88 Å². The molecule has 4 rings (SSSR count). The fourth-order valence-corrected chi connectivity index (χ4v) is 3.89. The van der Waals surface area contributed by atoms with Gasteiger partial charge in [0.25, 0.3) is 0 Å². The van der Waals surface area contributed by atoms with Gasteiger partial charge in [0.1, 0.15) is 5.75 Å². The summed E-state index contributed by atoms with van der Waals surface area (Å²) in [5.74, 6) is 0.886. The van der Waals surface area contributed by atoms with Crippen LogP contribution in [0.2, 0.25) is 5.02 Å². The van der Waals surface area contributed by atoms with Crippen LogP contribution in [-0.2, 0) is 19.6 Å². The van der Waals surface area contributed by atoms with Crippen molar-refractivity contribution in [2.45, 2.75) is 19.6 Å². The highest BCUT2D eigenvalue weighted by Gasteiger charge is 2.06. The molecule has 0 aliphatic carbocycles. The SMILES string of the molecule is COc1ccc(CN(C)Cc2cccc(CNc3ccnc4cc(Cl)ccc34)c2)cc1. The summed E-state index contributed by atoms with van der Waals surface area (Å²) in [6, 6.07) is 24.8. The molecule has 0 aliphatic rings. The number of fused-ring (bicyclic) bond motifs is 1. The molecule has 31 heavy (non-hydrogen) atoms. The molecule has 158 valence electrons. The number of benzene rings is 3. The highest BCUT2D eigenvalue weighted by atomic mass is 35.5. The van der Waals surface area contributed by atoms with Crippen LogP contribution in [0.15, 0.2) is 79.0 Å². The molecule has 0 bridgehead atoms. The van der Waals surface area contributed by atoms with Gasteiger partial charge in [-0.2, -0.15) is 0 Å². The number of anilines is 1. The third kappa shape index (κ3) is 5.54. The second-order valence-electron chi connectivity index (χ2n) is 7.71. The minimum absolute atomic E-state index is 0.698. The molecule has 0 unspecified atom stereocenters. The molecule has 0 amide bonds. The van der Waals surface area contributed by atoms with E-state index in [2.05, 4.69) is 58.6 Å². The quantitative estimate of drug-likeness (QED) is 0.363. The first-order chi connectivity index (χ1) is 15.1. The van der Waals surface area contributed by atoms with E-state index in [4.69, 9.17) is 16.3 Å². The van der Waals surface area contributed by atoms with E-state index >= 15 is 0 Å². The minimum atomic E-state index is 0.698. The lowest BCUT2D eigenvalue weighted by Crippen LogP contribution is -2.17. The largest absolute Gasteiger partial charge is 0.497 e. The number of hydrogen-bond acceptors (Lipinski definition) is 4. The highest BCUT2D eigenvalue weighted by molar-refractivity contribution is 6.31. The second kappa shape index (κ2) is 9.82. The van der Waals surface area contributed by atoms with Crippen LogP contribution in [0, 0.1) is 0 Å². The van der Waals surface area contributed by atoms with Gasteiger partial charge in [-0.1, -0.05) is 48.0 Å². The second-order valence-corrected chi connectivity index (χ2v) is 8.15. The van der Waals surface area contributed by atoms with Crippen LogP contribution in [0.25, 0.3) is 10.9 Å². The first-order valence-electron chi connectivity index (χ1n) is 10.3. The average molecular weight is 432 g/mol. The van der Waals surface area contributed by atoms with Gasteiger partial charge in [0.2, 0.25) is 0 Å². The topological polar surface area (TPSA) is 37.4 Å². The van der Waals surface area contributed by atoms with E-state index in [1.807, 2.05) is 42.6 Å². The van der Waals surface area contributed by atoms with Gasteiger partial charge >= 0.3 is 0 Å². The summed E-state index contributed by atoms with van der Waals surface area (Å²) >= 11 is 6.10. The Morgan fingerprint density at radius 1 is 0.903 bits per heavy atom. The van der Waals surface area contributed by atoms with E-state index in [9.17, 15) is 0 Å². The van der Waals surface area contributed by atoms with Crippen LogP contribution in [0.3, 0.4) is 0 Å². The van der Waals surface area contributed by atoms with E-state index < -0.39 is 0 Å². The van der Waals surface area contributed by atoms with Crippen molar-refractivity contribution in [3.8, 4) is 5.75 Å². The molecule has 1 heterocycles. The number of nitrogens with one attached hydrogen (secondary N) is 1. The summed E-state index contributed by atoms with van der Waals surface area (Å²) in [7, 11) is 3.83. The minimum Gasteiger partial charge on any atom is -0.497 e. The van der Waals surface area contributed by atoms with Gasteiger partial charge in [-0.15, -0.1) is 0 Å². The van der Waals surface area contributed by atoms with E-state index in [0.717, 1.165) is 42.0 Å². The van der Waals surface area contributed by atoms with Crippen LogP contribution in [0.5, 0.6) is 5.75 Å². The van der Waals surface area contributed by atoms with Crippen molar-refractivity contribution in [2.75, 3.05) is 19.5 Å². The van der Waals surface area contributed by atoms with Crippen molar-refractivity contribution < 1.29 is 4.74 Å². The Balaban J connectivity index is 1.39. The number of rotatable bonds is 8. The molecule has 0 saturated heterocycles. The molecule has 0 atom stereocenters. The molecule has 0 saturated carbocycles. The number of hydrogen-bond donors (Lipinski definition) is 1. The number of methoxy groups -OCH3 is 1. The average Bonchev–Trinajstić information content (AvgIpc) is 2.78. The predicted molar refractivity (Wildman–Crippen MR) is 129 cm³/mol. The third-order valence-corrected chi connectivity index (χ3v) is 5.48. The van der Waals surface area contributed by atoms with Gasteiger partial charge in [0.15, 0.2) is 0 Å². The lowest BCUT2D eigenvalue weighted by molar-refractivity contribution is 0.319. The molecule has 0 aliphatic heterocycles. The molecule has 0 radical (unpaired) electrons. The van der Waals surface area contributed by atoms with Crippen molar-refractivity contribution in [2.24, 2.45) is 0 Å². The molecule has 0 fully saturated rings. The molecule has 4 aromatic rings. The summed E-state index contributed by atoms with van der Waals surface area (Å²) in [5.41, 5.74) is 5.76. The molecule has 1 aromatic heterocycles. The smallest absolute Gasteiger partial charge is 0.118 e. The first kappa shape index (κ1) is 21.2. The van der Waals surface area contributed by atoms with Crippen molar-refractivity contribution in [3.63, 3.8) is 0 Å². The third-order valence-electron chi connectivity index (χ3n) is 5.24. The summed E-state index contributed by atoms with van der Waals surface area (Å²) in [5, 5.41) is 5.32. The predicted octanol–water partition coefficient (Wildman–Crippen LogP) is 6.14. The van der Waals surface area contributed by atoms with Crippen molar-refractivity contribution >= 4 is 28.2 Å². The molecule has 5 heteroatoms. The summed E-state index contributed by atoms with van der Waals surface area (Å²) in [6.07, 6.45) is 1.81. The Morgan fingerprint density at radius 3 is 2.48 bits per heavy atom. The van der Waals surface area contributed by atoms with Crippen molar-refractivity contribution in [1.29, 1.82) is 0 Å². The van der Waals surface area contributed by atoms with Crippen molar-refractivity contribution in [1.82, 2.24) is 9.88 Å². The summed E-state index contributed by atoms with van der Waals surface area (Å²) in [4.78, 5) is 6.73. The van der Waals surface area contributed by atoms with Crippen LogP contribution >= 0.6 is 11.6 Å². The van der Waals surface area contributed by atoms with Crippen molar-refractivity contribution in [3.05, 3.63) is 101 Å². The molecular formula is C26H26ClN3O. The Kier molecular flexibility index (Phi) is 6.70. The summed E-state index contributed by atoms with van der Waals surface area (Å²) in [6.45, 7) is 2.52. The maximum atomic E-state index is 6.10. The van der Waals surface area contributed by atoms with Crippen LogP contribution in [0.1, 0.15) is 16.7 Å². The van der Waals surface area contributed by atoms with E-state index in [1.54, 1.807) is 7.11 Å². The van der Waals surface area contributed by atoms with Gasteiger partial charge in [0.05, 0.1) is 12.6 Å². The zero-order valence-corrected chi connectivity index (χ0v) is 18.6. The van der Waals surface area contributed by atoms with Gasteiger partial charge in [-0.05, 0) is 60.1 Å². The molecular weight excluding hydrogens is 406 g/mol. The highest BCUT2D eigenvalue weighted by Crippen LogP contribution is 2.25. The maximum Gasteiger partial charge on any atom is 0.118 e. The number of halogens is 1. The monoisotopic (exact) mass is 431 g/mol. The lowest BCUT2D eigenvalue weighted by atomic mass is 10.1. The Hall–Kier alpha value is -3.08. The van der Waals surface area contributed by atoms with E-state index in [1.165, 1.54) is 16.7 Å². The number of nitrogens with zero attached hydrogens (tertiary/aromatic N) is 2. The van der Waals surface area contributed by atoms with Crippen LogP contribution in [0.4, 0.5) is 5.69 Å². The van der Waals surface area contributed by atoms with Gasteiger partial charge < -0.3 is 10.1 Å². The fraction of sp³-hybridized carbons (Fsp3) is 0.192. The first-order valence-corrected chi connectivity index (χ1v) is 10.7. The molecule has 0 spiro atoms. The maximum absolute atomic E-state index is 6.10. The van der Waals surface area contributed by atoms with Crippen LogP contribution < -0.4 is 10.1 Å². The molecule has 3 aromatic carbocycles. The standard InChI is InChI=1S/C26H26ClN3O/c1-30(17-19-6-9-23(31-2)10-7-19)18-21-5-3-4-20(14-21)16-29-25-12-13-28-26-15-22(27)8-11-24(25)26/h3-15H,16-18H2,1-2H3,(H,28,29). The molecule has 1 N–H and O–H groups in total. The molecule has 4 nitrogen and oxygen atoms in total. The van der Waals surface area contributed by atoms with E-state index in [0.29, 0.717) is 5.02 Å². The lowest BCUT2D eigenvalue weighted by Gasteiger charge is -2.18. The van der Waals surface area contributed by atoms with E-state index in [-0.39, 0.29) is 0 Å².